The average molecular weight is 415 g/mol. The summed E-state index contributed by atoms with van der Waals surface area (Å²) in [6.45, 7) is 0.258. The molecule has 3 aromatic rings. The topological polar surface area (TPSA) is 87.7 Å². The number of amides is 3. The fourth-order valence-electron chi connectivity index (χ4n) is 3.39. The third-order valence-corrected chi connectivity index (χ3v) is 4.93. The zero-order valence-corrected chi connectivity index (χ0v) is 16.7. The van der Waals surface area contributed by atoms with E-state index in [1.807, 2.05) is 42.5 Å². The third kappa shape index (κ3) is 4.90. The first-order valence-electron chi connectivity index (χ1n) is 9.89. The number of hydrogen-bond donors (Lipinski definition) is 2. The van der Waals surface area contributed by atoms with Gasteiger partial charge in [-0.3, -0.25) is 4.79 Å². The SMILES string of the molecule is O=C(Nc1ccccc1)Nc1ccc(C(=O)OCC(=O)N2CCc3ccccc32)cc1. The number of benzene rings is 3. The summed E-state index contributed by atoms with van der Waals surface area (Å²) in [4.78, 5) is 38.4. The number of nitrogens with one attached hydrogen (secondary N) is 2. The Kier molecular flexibility index (Phi) is 5.93. The highest BCUT2D eigenvalue weighted by atomic mass is 16.5. The van der Waals surface area contributed by atoms with Crippen molar-refractivity contribution in [2.75, 3.05) is 28.7 Å². The van der Waals surface area contributed by atoms with Crippen LogP contribution in [0, 0.1) is 0 Å². The molecule has 31 heavy (non-hydrogen) atoms. The second-order valence-electron chi connectivity index (χ2n) is 7.02. The van der Waals surface area contributed by atoms with Crippen LogP contribution in [0.5, 0.6) is 0 Å². The smallest absolute Gasteiger partial charge is 0.338 e. The lowest BCUT2D eigenvalue weighted by atomic mass is 10.2. The largest absolute Gasteiger partial charge is 0.452 e. The highest BCUT2D eigenvalue weighted by Crippen LogP contribution is 2.27. The predicted molar refractivity (Wildman–Crippen MR) is 118 cm³/mol. The quantitative estimate of drug-likeness (QED) is 0.615. The van der Waals surface area contributed by atoms with Crippen molar-refractivity contribution in [3.05, 3.63) is 90.0 Å². The number of ether oxygens (including phenoxy) is 1. The first-order chi connectivity index (χ1) is 15.1. The van der Waals surface area contributed by atoms with Crippen LogP contribution in [-0.2, 0) is 16.0 Å². The first kappa shape index (κ1) is 20.2. The summed E-state index contributed by atoms with van der Waals surface area (Å²) in [5.41, 5.74) is 3.47. The van der Waals surface area contributed by atoms with Gasteiger partial charge in [-0.05, 0) is 54.4 Å². The number of carbonyl (C=O) groups is 3. The van der Waals surface area contributed by atoms with Gasteiger partial charge in [0.25, 0.3) is 5.91 Å². The molecular formula is C24H21N3O4. The van der Waals surface area contributed by atoms with E-state index >= 15 is 0 Å². The fourth-order valence-corrected chi connectivity index (χ4v) is 3.39. The molecule has 156 valence electrons. The van der Waals surface area contributed by atoms with Crippen LogP contribution in [0.3, 0.4) is 0 Å². The Morgan fingerprint density at radius 2 is 1.45 bits per heavy atom. The van der Waals surface area contributed by atoms with Crippen molar-refractivity contribution in [3.63, 3.8) is 0 Å². The molecule has 0 aliphatic carbocycles. The number of urea groups is 1. The number of nitrogens with zero attached hydrogens (tertiary/aromatic N) is 1. The maximum Gasteiger partial charge on any atom is 0.338 e. The van der Waals surface area contributed by atoms with E-state index in [-0.39, 0.29) is 12.5 Å². The Labute approximate surface area is 179 Å². The average Bonchev–Trinajstić information content (AvgIpc) is 3.23. The van der Waals surface area contributed by atoms with E-state index in [9.17, 15) is 14.4 Å². The number of esters is 1. The van der Waals surface area contributed by atoms with E-state index in [1.54, 1.807) is 29.2 Å². The maximum absolute atomic E-state index is 12.5. The number of fused-ring (bicyclic) bond motifs is 1. The van der Waals surface area contributed by atoms with Crippen LogP contribution in [0.1, 0.15) is 15.9 Å². The van der Waals surface area contributed by atoms with Crippen LogP contribution in [0.25, 0.3) is 0 Å². The second-order valence-corrected chi connectivity index (χ2v) is 7.02. The molecule has 0 saturated carbocycles. The van der Waals surface area contributed by atoms with Crippen molar-refractivity contribution in [1.29, 1.82) is 0 Å². The molecule has 0 radical (unpaired) electrons. The van der Waals surface area contributed by atoms with E-state index in [0.29, 0.717) is 23.5 Å². The Morgan fingerprint density at radius 1 is 0.806 bits per heavy atom. The third-order valence-electron chi connectivity index (χ3n) is 4.93. The van der Waals surface area contributed by atoms with Gasteiger partial charge in [-0.15, -0.1) is 0 Å². The number of rotatable bonds is 5. The standard InChI is InChI=1S/C24H21N3O4/c28-22(27-15-14-17-6-4-5-9-21(17)27)16-31-23(29)18-10-12-20(13-11-18)26-24(30)25-19-7-2-1-3-8-19/h1-13H,14-16H2,(H2,25,26,30). The normalized spacial score (nSPS) is 12.1. The van der Waals surface area contributed by atoms with Crippen LogP contribution >= 0.6 is 0 Å². The summed E-state index contributed by atoms with van der Waals surface area (Å²) in [7, 11) is 0. The minimum atomic E-state index is -0.596. The molecule has 1 heterocycles. The van der Waals surface area contributed by atoms with Crippen molar-refractivity contribution in [3.8, 4) is 0 Å². The number of anilines is 3. The molecule has 0 unspecified atom stereocenters. The number of carbonyl (C=O) groups excluding carboxylic acids is 3. The van der Waals surface area contributed by atoms with Crippen LogP contribution in [0.4, 0.5) is 21.9 Å². The minimum absolute atomic E-state index is 0.255. The van der Waals surface area contributed by atoms with Gasteiger partial charge >= 0.3 is 12.0 Å². The van der Waals surface area contributed by atoms with Gasteiger partial charge in [-0.1, -0.05) is 36.4 Å². The molecule has 0 atom stereocenters. The Balaban J connectivity index is 1.28. The zero-order valence-electron chi connectivity index (χ0n) is 16.7. The molecule has 2 N–H and O–H groups in total. The molecule has 1 aliphatic rings. The predicted octanol–water partition coefficient (Wildman–Crippen LogP) is 4.08. The summed E-state index contributed by atoms with van der Waals surface area (Å²) in [5, 5.41) is 5.40. The molecule has 3 aromatic carbocycles. The van der Waals surface area contributed by atoms with E-state index in [2.05, 4.69) is 10.6 Å². The van der Waals surface area contributed by atoms with E-state index < -0.39 is 12.0 Å². The van der Waals surface area contributed by atoms with E-state index in [0.717, 1.165) is 17.7 Å². The molecule has 0 fully saturated rings. The van der Waals surface area contributed by atoms with Crippen molar-refractivity contribution in [2.24, 2.45) is 0 Å². The van der Waals surface area contributed by atoms with Crippen LogP contribution in [0.15, 0.2) is 78.9 Å². The van der Waals surface area contributed by atoms with Crippen molar-refractivity contribution >= 4 is 35.0 Å². The lowest BCUT2D eigenvalue weighted by Crippen LogP contribution is -2.33. The van der Waals surface area contributed by atoms with Gasteiger partial charge in [0.2, 0.25) is 0 Å². The summed E-state index contributed by atoms with van der Waals surface area (Å²) >= 11 is 0. The number of hydrogen-bond acceptors (Lipinski definition) is 4. The molecular weight excluding hydrogens is 394 g/mol. The monoisotopic (exact) mass is 415 g/mol. The molecule has 3 amide bonds. The molecule has 7 nitrogen and oxygen atoms in total. The lowest BCUT2D eigenvalue weighted by Gasteiger charge is -2.17. The first-order valence-corrected chi connectivity index (χ1v) is 9.89. The van der Waals surface area contributed by atoms with Crippen LogP contribution in [0.2, 0.25) is 0 Å². The van der Waals surface area contributed by atoms with E-state index in [4.69, 9.17) is 4.74 Å². The van der Waals surface area contributed by atoms with Crippen LogP contribution in [-0.4, -0.2) is 31.1 Å². The molecule has 0 aromatic heterocycles. The number of para-hydroxylation sites is 2. The fraction of sp³-hybridized carbons (Fsp3) is 0.125. The summed E-state index contributed by atoms with van der Waals surface area (Å²) in [5.74, 6) is -0.852. The van der Waals surface area contributed by atoms with Crippen LogP contribution < -0.4 is 15.5 Å². The van der Waals surface area contributed by atoms with Gasteiger partial charge < -0.3 is 20.3 Å². The zero-order chi connectivity index (χ0) is 21.6. The summed E-state index contributed by atoms with van der Waals surface area (Å²) in [6, 6.07) is 22.6. The Bertz CT molecular complexity index is 1100. The van der Waals surface area contributed by atoms with Crippen molar-refractivity contribution < 1.29 is 19.1 Å². The maximum atomic E-state index is 12.5. The van der Waals surface area contributed by atoms with Gasteiger partial charge in [-0.2, -0.15) is 0 Å². The summed E-state index contributed by atoms with van der Waals surface area (Å²) < 4.78 is 5.19. The Hall–Kier alpha value is -4.13. The molecule has 0 spiro atoms. The van der Waals surface area contributed by atoms with Gasteiger partial charge in [0, 0.05) is 23.6 Å². The molecule has 0 saturated heterocycles. The van der Waals surface area contributed by atoms with Crippen molar-refractivity contribution in [2.45, 2.75) is 6.42 Å². The molecule has 0 bridgehead atoms. The van der Waals surface area contributed by atoms with E-state index in [1.165, 1.54) is 12.1 Å². The lowest BCUT2D eigenvalue weighted by molar-refractivity contribution is -0.121. The minimum Gasteiger partial charge on any atom is -0.452 e. The van der Waals surface area contributed by atoms with Gasteiger partial charge in [0.05, 0.1) is 5.56 Å². The second kappa shape index (κ2) is 9.13. The molecule has 1 aliphatic heterocycles. The highest BCUT2D eigenvalue weighted by molar-refractivity contribution is 6.01. The van der Waals surface area contributed by atoms with Gasteiger partial charge in [-0.25, -0.2) is 9.59 Å². The summed E-state index contributed by atoms with van der Waals surface area (Å²) in [6.07, 6.45) is 0.794. The highest BCUT2D eigenvalue weighted by Gasteiger charge is 2.25. The van der Waals surface area contributed by atoms with Crippen molar-refractivity contribution in [1.82, 2.24) is 0 Å². The molecule has 4 rings (SSSR count). The van der Waals surface area contributed by atoms with Gasteiger partial charge in [0.1, 0.15) is 0 Å². The Morgan fingerprint density at radius 3 is 2.19 bits per heavy atom. The van der Waals surface area contributed by atoms with Gasteiger partial charge in [0.15, 0.2) is 6.61 Å². The molecule has 7 heteroatoms.